The zero-order valence-electron chi connectivity index (χ0n) is 52.2. The van der Waals surface area contributed by atoms with Crippen LogP contribution in [-0.2, 0) is 28.6 Å². The van der Waals surface area contributed by atoms with E-state index in [-0.39, 0.29) is 37.5 Å². The molecule has 0 fully saturated rings. The Morgan fingerprint density at radius 1 is 0.259 bits per heavy atom. The maximum atomic E-state index is 12.9. The van der Waals surface area contributed by atoms with E-state index in [0.717, 1.165) is 167 Å². The summed E-state index contributed by atoms with van der Waals surface area (Å²) in [5.74, 6) is -0.952. The van der Waals surface area contributed by atoms with Crippen LogP contribution in [0.4, 0.5) is 0 Å². The fraction of sp³-hybridized carbons (Fsp3) is 0.613. The van der Waals surface area contributed by atoms with Crippen LogP contribution in [0.1, 0.15) is 278 Å². The lowest BCUT2D eigenvalue weighted by Crippen LogP contribution is -2.30. The molecular formula is C75H120O6. The molecule has 0 aromatic heterocycles. The fourth-order valence-electron chi connectivity index (χ4n) is 8.63. The van der Waals surface area contributed by atoms with Gasteiger partial charge in [0.05, 0.1) is 0 Å². The fourth-order valence-corrected chi connectivity index (χ4v) is 8.63. The number of allylic oxidation sites excluding steroid dienone is 26. The number of ether oxygens (including phenoxy) is 3. The molecule has 0 aliphatic carbocycles. The number of hydrogen-bond donors (Lipinski definition) is 0. The van der Waals surface area contributed by atoms with Gasteiger partial charge in [-0.15, -0.1) is 0 Å². The molecule has 0 aliphatic heterocycles. The predicted molar refractivity (Wildman–Crippen MR) is 352 cm³/mol. The Bertz CT molecular complexity index is 1810. The highest BCUT2D eigenvalue weighted by molar-refractivity contribution is 5.71. The molecule has 0 amide bonds. The van der Waals surface area contributed by atoms with Crippen molar-refractivity contribution >= 4 is 17.9 Å². The molecule has 0 bridgehead atoms. The molecule has 0 rings (SSSR count). The first-order valence-corrected chi connectivity index (χ1v) is 33.0. The lowest BCUT2D eigenvalue weighted by atomic mass is 10.0. The van der Waals surface area contributed by atoms with E-state index in [4.69, 9.17) is 14.2 Å². The van der Waals surface area contributed by atoms with E-state index >= 15 is 0 Å². The second-order valence-electron chi connectivity index (χ2n) is 21.3. The van der Waals surface area contributed by atoms with Gasteiger partial charge in [-0.1, -0.05) is 275 Å². The number of carbonyl (C=O) groups excluding carboxylic acids is 3. The second kappa shape index (κ2) is 67.5. The van der Waals surface area contributed by atoms with Gasteiger partial charge in [0.1, 0.15) is 13.2 Å². The van der Waals surface area contributed by atoms with Gasteiger partial charge >= 0.3 is 17.9 Å². The molecule has 81 heavy (non-hydrogen) atoms. The Labute approximate surface area is 499 Å². The molecule has 6 heteroatoms. The quantitative estimate of drug-likeness (QED) is 0.0261. The number of carbonyl (C=O) groups is 3. The van der Waals surface area contributed by atoms with E-state index < -0.39 is 6.10 Å². The van der Waals surface area contributed by atoms with E-state index in [1.807, 2.05) is 0 Å². The summed E-state index contributed by atoms with van der Waals surface area (Å²) in [6.07, 6.45) is 98.3. The van der Waals surface area contributed by atoms with Gasteiger partial charge in [0.15, 0.2) is 6.10 Å². The van der Waals surface area contributed by atoms with Crippen molar-refractivity contribution in [2.45, 2.75) is 284 Å². The van der Waals surface area contributed by atoms with Crippen LogP contribution >= 0.6 is 0 Å². The van der Waals surface area contributed by atoms with Crippen molar-refractivity contribution in [3.63, 3.8) is 0 Å². The summed E-state index contributed by atoms with van der Waals surface area (Å²) < 4.78 is 16.9. The molecule has 0 saturated carbocycles. The third-order valence-corrected chi connectivity index (χ3v) is 13.5. The molecule has 0 N–H and O–H groups in total. The lowest BCUT2D eigenvalue weighted by Gasteiger charge is -2.18. The first-order chi connectivity index (χ1) is 40.0. The van der Waals surface area contributed by atoms with Gasteiger partial charge in [-0.2, -0.15) is 0 Å². The minimum atomic E-state index is -0.810. The summed E-state index contributed by atoms with van der Waals surface area (Å²) >= 11 is 0. The van der Waals surface area contributed by atoms with Crippen LogP contribution < -0.4 is 0 Å². The molecule has 6 nitrogen and oxygen atoms in total. The van der Waals surface area contributed by atoms with E-state index in [1.165, 1.54) is 70.6 Å². The molecule has 1 atom stereocenters. The second-order valence-corrected chi connectivity index (χ2v) is 21.3. The van der Waals surface area contributed by atoms with Gasteiger partial charge in [-0.05, 0) is 141 Å². The first kappa shape index (κ1) is 76.0. The van der Waals surface area contributed by atoms with Crippen LogP contribution in [0.5, 0.6) is 0 Å². The molecule has 456 valence electrons. The van der Waals surface area contributed by atoms with Crippen LogP contribution in [0.15, 0.2) is 158 Å². The number of unbranched alkanes of at least 4 members (excludes halogenated alkanes) is 21. The van der Waals surface area contributed by atoms with Gasteiger partial charge < -0.3 is 14.2 Å². The minimum absolute atomic E-state index is 0.102. The van der Waals surface area contributed by atoms with Crippen molar-refractivity contribution in [2.75, 3.05) is 13.2 Å². The van der Waals surface area contributed by atoms with E-state index in [1.54, 1.807) is 0 Å². The number of rotatable bonds is 58. The van der Waals surface area contributed by atoms with Gasteiger partial charge in [-0.25, -0.2) is 0 Å². The van der Waals surface area contributed by atoms with Gasteiger partial charge in [-0.3, -0.25) is 14.4 Å². The molecular weight excluding hydrogens is 997 g/mol. The molecule has 0 aliphatic rings. The van der Waals surface area contributed by atoms with Crippen molar-refractivity contribution in [1.82, 2.24) is 0 Å². The number of esters is 3. The topological polar surface area (TPSA) is 78.9 Å². The Kier molecular flexibility index (Phi) is 63.4. The van der Waals surface area contributed by atoms with Crippen molar-refractivity contribution in [3.05, 3.63) is 158 Å². The minimum Gasteiger partial charge on any atom is -0.462 e. The van der Waals surface area contributed by atoms with Crippen molar-refractivity contribution in [2.24, 2.45) is 0 Å². The number of hydrogen-bond acceptors (Lipinski definition) is 6. The van der Waals surface area contributed by atoms with Crippen molar-refractivity contribution < 1.29 is 28.6 Å². The van der Waals surface area contributed by atoms with Gasteiger partial charge in [0.25, 0.3) is 0 Å². The highest BCUT2D eigenvalue weighted by Gasteiger charge is 2.19. The lowest BCUT2D eigenvalue weighted by molar-refractivity contribution is -0.167. The Morgan fingerprint density at radius 3 is 0.765 bits per heavy atom. The molecule has 0 radical (unpaired) electrons. The first-order valence-electron chi connectivity index (χ1n) is 33.0. The maximum Gasteiger partial charge on any atom is 0.306 e. The summed E-state index contributed by atoms with van der Waals surface area (Å²) in [7, 11) is 0. The molecule has 0 aromatic rings. The normalized spacial score (nSPS) is 13.2. The molecule has 0 spiro atoms. The molecule has 0 heterocycles. The average molecular weight is 1120 g/mol. The van der Waals surface area contributed by atoms with E-state index in [0.29, 0.717) is 12.8 Å². The highest BCUT2D eigenvalue weighted by atomic mass is 16.6. The Hall–Kier alpha value is -4.97. The summed E-state index contributed by atoms with van der Waals surface area (Å²) in [4.78, 5) is 38.3. The van der Waals surface area contributed by atoms with Crippen LogP contribution in [0, 0.1) is 0 Å². The predicted octanol–water partition coefficient (Wildman–Crippen LogP) is 22.9. The average Bonchev–Trinajstić information content (AvgIpc) is 3.46. The van der Waals surface area contributed by atoms with Gasteiger partial charge in [0.2, 0.25) is 0 Å². The molecule has 1 unspecified atom stereocenters. The standard InChI is InChI=1S/C75H120O6/c1-4-7-10-13-16-19-22-25-27-29-31-32-33-34-35-36-37-38-39-40-41-42-44-45-47-50-53-56-59-62-65-68-74(77)80-71-72(70-79-73(76)67-64-61-58-55-52-49-24-21-18-15-12-9-6-3)81-75(78)69-66-63-60-57-54-51-48-46-43-30-28-26-23-20-17-14-11-8-5-2/h7-8,10-12,15-17,19-21,24-28,31-32,34-35,37-38,43,46,51,54,72H,4-6,9,13-14,18,22-23,29-30,33,36,39-42,44-45,47-50,52-53,55-71H2,1-3H3/b10-7-,11-8-,15-12-,19-16-,20-17-,24-21-,27-25-,28-26-,32-31-,35-34-,38-37-,46-43-,54-51-. The third-order valence-electron chi connectivity index (χ3n) is 13.5. The molecule has 0 aromatic carbocycles. The van der Waals surface area contributed by atoms with Crippen molar-refractivity contribution in [1.29, 1.82) is 0 Å². The van der Waals surface area contributed by atoms with Crippen LogP contribution in [0.25, 0.3) is 0 Å². The summed E-state index contributed by atoms with van der Waals surface area (Å²) in [6, 6.07) is 0. The smallest absolute Gasteiger partial charge is 0.306 e. The molecule has 0 saturated heterocycles. The SMILES string of the molecule is CC/C=C\C/C=C\C/C=C\C/C=C\C/C=C\C/C=C\CCCCCCCCCCCCCCC(=O)OCC(COC(=O)CCCCCCC/C=C\C/C=C\CCC)OC(=O)CCCCC/C=C\C/C=C\C/C=C\C/C=C\C/C=C\CC. The maximum absolute atomic E-state index is 12.9. The Balaban J connectivity index is 4.34. The zero-order valence-corrected chi connectivity index (χ0v) is 52.2. The van der Waals surface area contributed by atoms with E-state index in [2.05, 4.69) is 179 Å². The van der Waals surface area contributed by atoms with Crippen molar-refractivity contribution in [3.8, 4) is 0 Å². The summed E-state index contributed by atoms with van der Waals surface area (Å²) in [6.45, 7) is 6.31. The summed E-state index contributed by atoms with van der Waals surface area (Å²) in [5.41, 5.74) is 0. The monoisotopic (exact) mass is 1120 g/mol. The largest absolute Gasteiger partial charge is 0.462 e. The zero-order chi connectivity index (χ0) is 58.5. The van der Waals surface area contributed by atoms with E-state index in [9.17, 15) is 14.4 Å². The van der Waals surface area contributed by atoms with Crippen LogP contribution in [0.2, 0.25) is 0 Å². The third kappa shape index (κ3) is 65.7. The summed E-state index contributed by atoms with van der Waals surface area (Å²) in [5, 5.41) is 0. The highest BCUT2D eigenvalue weighted by Crippen LogP contribution is 2.15. The Morgan fingerprint density at radius 2 is 0.481 bits per heavy atom. The van der Waals surface area contributed by atoms with Crippen LogP contribution in [-0.4, -0.2) is 37.2 Å². The van der Waals surface area contributed by atoms with Gasteiger partial charge in [0, 0.05) is 19.3 Å². The van der Waals surface area contributed by atoms with Crippen LogP contribution in [0.3, 0.4) is 0 Å².